The van der Waals surface area contributed by atoms with Gasteiger partial charge in [-0.15, -0.1) is 0 Å². The average Bonchev–Trinajstić information content (AvgIpc) is 2.38. The number of aryl methyl sites for hydroxylation is 1. The summed E-state index contributed by atoms with van der Waals surface area (Å²) in [6, 6.07) is 11.0. The average molecular weight is 278 g/mol. The summed E-state index contributed by atoms with van der Waals surface area (Å²) in [5, 5.41) is 0. The first kappa shape index (κ1) is 13.4. The van der Waals surface area contributed by atoms with E-state index in [1.165, 1.54) is 16.7 Å². The normalized spacial score (nSPS) is 11.4. The van der Waals surface area contributed by atoms with Crippen LogP contribution in [0.2, 0.25) is 0 Å². The van der Waals surface area contributed by atoms with Crippen LogP contribution in [0.1, 0.15) is 0 Å². The molecule has 0 bridgehead atoms. The summed E-state index contributed by atoms with van der Waals surface area (Å²) in [5.74, 6) is -0.162. The lowest BCUT2D eigenvalue weighted by molar-refractivity contribution is 0.587. The smallest absolute Gasteiger partial charge is 0.250 e. The van der Waals surface area contributed by atoms with Gasteiger partial charge >= 0.3 is 0 Å². The van der Waals surface area contributed by atoms with E-state index in [2.05, 4.69) is 0 Å². The summed E-state index contributed by atoms with van der Waals surface area (Å²) in [6.45, 7) is 0.107. The second-order valence-corrected chi connectivity index (χ2v) is 6.17. The van der Waals surface area contributed by atoms with Crippen LogP contribution in [0, 0.1) is 0 Å². The zero-order chi connectivity index (χ0) is 13.9. The maximum atomic E-state index is 12.1. The number of hydrogen-bond donors (Lipinski definition) is 1. The Hall–Kier alpha value is -2.08. The molecule has 2 N–H and O–H groups in total. The highest BCUT2D eigenvalue weighted by molar-refractivity contribution is 7.91. The molecule has 2 rings (SSSR count). The lowest BCUT2D eigenvalue weighted by atomic mass is 10.3. The van der Waals surface area contributed by atoms with Gasteiger partial charge in [-0.25, -0.2) is 8.42 Å². The maximum absolute atomic E-state index is 12.1. The van der Waals surface area contributed by atoms with E-state index < -0.39 is 9.84 Å². The number of nitrogens with zero attached hydrogens (tertiary/aromatic N) is 1. The van der Waals surface area contributed by atoms with E-state index in [9.17, 15) is 13.2 Å². The Morgan fingerprint density at radius 1 is 1.05 bits per heavy atom. The number of rotatable bonds is 4. The van der Waals surface area contributed by atoms with E-state index >= 15 is 0 Å². The molecule has 0 amide bonds. The fourth-order valence-corrected chi connectivity index (χ4v) is 3.11. The number of nitrogens with two attached hydrogens (primary N) is 1. The van der Waals surface area contributed by atoms with Crippen LogP contribution in [0.3, 0.4) is 0 Å². The monoisotopic (exact) mass is 278 g/mol. The fraction of sp³-hybridized carbons (Fsp3) is 0.154. The van der Waals surface area contributed by atoms with Crippen molar-refractivity contribution in [1.29, 1.82) is 0 Å². The number of sulfone groups is 1. The van der Waals surface area contributed by atoms with Crippen LogP contribution in [0.25, 0.3) is 0 Å². The third-order valence-corrected chi connectivity index (χ3v) is 4.52. The molecule has 0 aliphatic rings. The Labute approximate surface area is 111 Å². The summed E-state index contributed by atoms with van der Waals surface area (Å²) in [6.07, 6.45) is 1.56. The van der Waals surface area contributed by atoms with Crippen molar-refractivity contribution in [2.24, 2.45) is 0 Å². The summed E-state index contributed by atoms with van der Waals surface area (Å²) < 4.78 is 25.6. The zero-order valence-electron chi connectivity index (χ0n) is 10.2. The molecule has 2 aromatic rings. The summed E-state index contributed by atoms with van der Waals surface area (Å²) in [7, 11) is -3.49. The maximum Gasteiger partial charge on any atom is 0.250 e. The molecule has 5 nitrogen and oxygen atoms in total. The highest BCUT2D eigenvalue weighted by Crippen LogP contribution is 2.18. The number of aromatic nitrogens is 1. The Kier molecular flexibility index (Phi) is 3.71. The Balaban J connectivity index is 2.22. The van der Waals surface area contributed by atoms with Crippen molar-refractivity contribution in [3.8, 4) is 0 Å². The van der Waals surface area contributed by atoms with Crippen molar-refractivity contribution in [3.05, 3.63) is 59.0 Å². The molecule has 100 valence electrons. The van der Waals surface area contributed by atoms with E-state index in [1.807, 2.05) is 0 Å². The third-order valence-electron chi connectivity index (χ3n) is 2.75. The lowest BCUT2D eigenvalue weighted by Gasteiger charge is -2.08. The van der Waals surface area contributed by atoms with E-state index in [4.69, 9.17) is 5.73 Å². The molecular formula is C13H14N2O3S. The number of anilines is 1. The number of nitrogen functional groups attached to an aromatic ring is 1. The van der Waals surface area contributed by atoms with E-state index in [1.54, 1.807) is 36.5 Å². The van der Waals surface area contributed by atoms with Gasteiger partial charge in [0.25, 0.3) is 5.56 Å². The quantitative estimate of drug-likeness (QED) is 0.843. The van der Waals surface area contributed by atoms with Crippen LogP contribution < -0.4 is 11.3 Å². The molecular weight excluding hydrogens is 264 g/mol. The van der Waals surface area contributed by atoms with Crippen molar-refractivity contribution in [1.82, 2.24) is 4.57 Å². The second kappa shape index (κ2) is 5.27. The zero-order valence-corrected chi connectivity index (χ0v) is 11.0. The number of hydrogen-bond acceptors (Lipinski definition) is 4. The predicted molar refractivity (Wildman–Crippen MR) is 73.6 cm³/mol. The van der Waals surface area contributed by atoms with Crippen LogP contribution in [0.15, 0.2) is 58.4 Å². The van der Waals surface area contributed by atoms with Gasteiger partial charge in [0, 0.05) is 18.8 Å². The van der Waals surface area contributed by atoms with Gasteiger partial charge in [-0.1, -0.05) is 18.2 Å². The number of benzene rings is 1. The molecule has 0 fully saturated rings. The van der Waals surface area contributed by atoms with Gasteiger partial charge in [0.05, 0.1) is 16.3 Å². The summed E-state index contributed by atoms with van der Waals surface area (Å²) >= 11 is 0. The first-order chi connectivity index (χ1) is 9.00. The van der Waals surface area contributed by atoms with E-state index in [0.717, 1.165) is 0 Å². The van der Waals surface area contributed by atoms with Crippen molar-refractivity contribution in [2.45, 2.75) is 11.4 Å². The number of para-hydroxylation sites is 1. The first-order valence-corrected chi connectivity index (χ1v) is 7.39. The van der Waals surface area contributed by atoms with E-state index in [0.29, 0.717) is 0 Å². The highest BCUT2D eigenvalue weighted by Gasteiger charge is 2.17. The van der Waals surface area contributed by atoms with Gasteiger partial charge in [0.1, 0.15) is 0 Å². The van der Waals surface area contributed by atoms with Crippen LogP contribution in [-0.2, 0) is 16.4 Å². The van der Waals surface area contributed by atoms with Crippen LogP contribution in [0.5, 0.6) is 0 Å². The topological polar surface area (TPSA) is 82.2 Å². The van der Waals surface area contributed by atoms with Gasteiger partial charge in [0.2, 0.25) is 0 Å². The van der Waals surface area contributed by atoms with Crippen LogP contribution >= 0.6 is 0 Å². The molecule has 6 heteroatoms. The largest absolute Gasteiger partial charge is 0.398 e. The van der Waals surface area contributed by atoms with Crippen LogP contribution in [0.4, 0.5) is 5.69 Å². The minimum atomic E-state index is -3.49. The molecule has 0 atom stereocenters. The summed E-state index contributed by atoms with van der Waals surface area (Å²) in [5.41, 5.74) is 5.66. The molecule has 0 saturated carbocycles. The Morgan fingerprint density at radius 2 is 1.74 bits per heavy atom. The number of pyridine rings is 1. The second-order valence-electron chi connectivity index (χ2n) is 4.09. The lowest BCUT2D eigenvalue weighted by Crippen LogP contribution is -2.23. The van der Waals surface area contributed by atoms with Gasteiger partial charge in [-0.05, 0) is 18.2 Å². The van der Waals surface area contributed by atoms with Gasteiger partial charge in [0.15, 0.2) is 9.84 Å². The van der Waals surface area contributed by atoms with Gasteiger partial charge in [-0.2, -0.15) is 0 Å². The molecule has 0 aliphatic heterocycles. The van der Waals surface area contributed by atoms with Gasteiger partial charge < -0.3 is 10.3 Å². The van der Waals surface area contributed by atoms with Gasteiger partial charge in [-0.3, -0.25) is 4.79 Å². The minimum absolute atomic E-state index is 0.107. The molecule has 1 heterocycles. The Bertz CT molecular complexity index is 735. The standard InChI is InChI=1S/C13H14N2O3S/c14-11-5-1-2-6-12(11)19(17,18)10-9-15-8-4-3-7-13(15)16/h1-8H,9-10,14H2. The van der Waals surface area contributed by atoms with Crippen molar-refractivity contribution in [2.75, 3.05) is 11.5 Å². The third kappa shape index (κ3) is 3.03. The molecule has 0 saturated heterocycles. The van der Waals surface area contributed by atoms with Crippen molar-refractivity contribution in [3.63, 3.8) is 0 Å². The first-order valence-electron chi connectivity index (χ1n) is 5.73. The molecule has 0 unspecified atom stereocenters. The molecule has 0 radical (unpaired) electrons. The van der Waals surface area contributed by atoms with Crippen molar-refractivity contribution >= 4 is 15.5 Å². The van der Waals surface area contributed by atoms with E-state index in [-0.39, 0.29) is 28.4 Å². The molecule has 0 aliphatic carbocycles. The molecule has 0 spiro atoms. The minimum Gasteiger partial charge on any atom is -0.398 e. The predicted octanol–water partition coefficient (Wildman–Crippen LogP) is 0.904. The Morgan fingerprint density at radius 3 is 2.42 bits per heavy atom. The van der Waals surface area contributed by atoms with Crippen LogP contribution in [-0.4, -0.2) is 18.7 Å². The SMILES string of the molecule is Nc1ccccc1S(=O)(=O)CCn1ccccc1=O. The fourth-order valence-electron chi connectivity index (χ4n) is 1.74. The molecule has 19 heavy (non-hydrogen) atoms. The summed E-state index contributed by atoms with van der Waals surface area (Å²) in [4.78, 5) is 11.6. The molecule has 1 aromatic heterocycles. The highest BCUT2D eigenvalue weighted by atomic mass is 32.2. The van der Waals surface area contributed by atoms with Crippen molar-refractivity contribution < 1.29 is 8.42 Å². The molecule has 1 aromatic carbocycles.